The lowest BCUT2D eigenvalue weighted by Gasteiger charge is -2.14. The summed E-state index contributed by atoms with van der Waals surface area (Å²) in [6.45, 7) is 1.70. The fourth-order valence-electron chi connectivity index (χ4n) is 4.05. The molecule has 0 fully saturated rings. The first-order valence-corrected chi connectivity index (χ1v) is 10.6. The van der Waals surface area contributed by atoms with Crippen LogP contribution in [0.25, 0.3) is 11.1 Å². The highest BCUT2D eigenvalue weighted by Gasteiger charge is 2.29. The number of nitrogens with zero attached hydrogens (tertiary/aromatic N) is 2. The average molecular weight is 448 g/mol. The lowest BCUT2D eigenvalue weighted by molar-refractivity contribution is -0.137. The number of amides is 2. The molecule has 3 N–H and O–H groups in total. The molecule has 1 heterocycles. The molecule has 1 aliphatic rings. The highest BCUT2D eigenvalue weighted by atomic mass is 16.5. The Kier molecular flexibility index (Phi) is 6.39. The van der Waals surface area contributed by atoms with Crippen LogP contribution in [0, 0.1) is 0 Å². The standard InChI is InChI=1S/C24H24N4O5/c1-15(10-23(30)31)26-22(29)13-28-12-16(11-25-28)27-24(32)33-14-21-19-8-4-2-6-17(19)18-7-3-5-9-20(18)21/h2-9,11-12,15,21H,10,13-14H2,1H3,(H,26,29)(H,27,32)(H,30,31)/t15-/m1/s1. The summed E-state index contributed by atoms with van der Waals surface area (Å²) < 4.78 is 6.85. The number of aliphatic carboxylic acids is 1. The van der Waals surface area contributed by atoms with E-state index in [0.29, 0.717) is 5.69 Å². The summed E-state index contributed by atoms with van der Waals surface area (Å²) in [6.07, 6.45) is 2.13. The zero-order chi connectivity index (χ0) is 23.4. The Labute approximate surface area is 190 Å². The van der Waals surface area contributed by atoms with E-state index in [-0.39, 0.29) is 31.4 Å². The number of rotatable bonds is 8. The molecule has 0 aliphatic heterocycles. The van der Waals surface area contributed by atoms with E-state index in [9.17, 15) is 14.4 Å². The number of benzene rings is 2. The fraction of sp³-hybridized carbons (Fsp3) is 0.250. The van der Waals surface area contributed by atoms with Gasteiger partial charge in [-0.05, 0) is 29.2 Å². The van der Waals surface area contributed by atoms with Crippen LogP contribution < -0.4 is 10.6 Å². The van der Waals surface area contributed by atoms with Gasteiger partial charge in [-0.25, -0.2) is 4.79 Å². The molecule has 0 saturated heterocycles. The molecule has 0 spiro atoms. The highest BCUT2D eigenvalue weighted by Crippen LogP contribution is 2.44. The predicted octanol–water partition coefficient (Wildman–Crippen LogP) is 3.22. The fourth-order valence-corrected chi connectivity index (χ4v) is 4.05. The van der Waals surface area contributed by atoms with Gasteiger partial charge in [-0.15, -0.1) is 0 Å². The number of nitrogens with one attached hydrogen (secondary N) is 2. The van der Waals surface area contributed by atoms with E-state index in [4.69, 9.17) is 9.84 Å². The smallest absolute Gasteiger partial charge is 0.411 e. The largest absolute Gasteiger partial charge is 0.481 e. The van der Waals surface area contributed by atoms with Crippen molar-refractivity contribution in [2.24, 2.45) is 0 Å². The lowest BCUT2D eigenvalue weighted by Crippen LogP contribution is -2.36. The first-order chi connectivity index (χ1) is 15.9. The van der Waals surface area contributed by atoms with E-state index in [1.54, 1.807) is 6.92 Å². The number of fused-ring (bicyclic) bond motifs is 3. The maximum absolute atomic E-state index is 12.4. The molecule has 0 bridgehead atoms. The zero-order valence-corrected chi connectivity index (χ0v) is 18.0. The van der Waals surface area contributed by atoms with Gasteiger partial charge in [0, 0.05) is 18.2 Å². The lowest BCUT2D eigenvalue weighted by atomic mass is 9.98. The zero-order valence-electron chi connectivity index (χ0n) is 18.0. The van der Waals surface area contributed by atoms with Crippen molar-refractivity contribution in [1.29, 1.82) is 0 Å². The van der Waals surface area contributed by atoms with Crippen molar-refractivity contribution in [3.63, 3.8) is 0 Å². The van der Waals surface area contributed by atoms with Crippen LogP contribution in [0.2, 0.25) is 0 Å². The van der Waals surface area contributed by atoms with E-state index >= 15 is 0 Å². The van der Waals surface area contributed by atoms with E-state index in [1.807, 2.05) is 36.4 Å². The molecule has 1 aliphatic carbocycles. The predicted molar refractivity (Wildman–Crippen MR) is 121 cm³/mol. The summed E-state index contributed by atoms with van der Waals surface area (Å²) in [6, 6.07) is 15.7. The van der Waals surface area contributed by atoms with Crippen molar-refractivity contribution in [3.8, 4) is 11.1 Å². The second kappa shape index (κ2) is 9.56. The van der Waals surface area contributed by atoms with Crippen molar-refractivity contribution in [2.45, 2.75) is 31.8 Å². The number of anilines is 1. The Bertz CT molecular complexity index is 1140. The van der Waals surface area contributed by atoms with Gasteiger partial charge < -0.3 is 15.2 Å². The van der Waals surface area contributed by atoms with Crippen LogP contribution in [0.5, 0.6) is 0 Å². The molecule has 9 nitrogen and oxygen atoms in total. The van der Waals surface area contributed by atoms with Crippen molar-refractivity contribution < 1.29 is 24.2 Å². The Morgan fingerprint density at radius 1 is 1.09 bits per heavy atom. The molecule has 1 aromatic heterocycles. The molecule has 0 unspecified atom stereocenters. The molecule has 4 rings (SSSR count). The first-order valence-electron chi connectivity index (χ1n) is 10.6. The minimum atomic E-state index is -0.989. The van der Waals surface area contributed by atoms with E-state index in [1.165, 1.54) is 17.1 Å². The number of hydrogen-bond donors (Lipinski definition) is 3. The summed E-state index contributed by atoms with van der Waals surface area (Å²) in [5, 5.41) is 18.0. The molecule has 2 aromatic carbocycles. The van der Waals surface area contributed by atoms with E-state index in [0.717, 1.165) is 22.3 Å². The molecule has 0 radical (unpaired) electrons. The van der Waals surface area contributed by atoms with Gasteiger partial charge in [0.05, 0.1) is 18.3 Å². The van der Waals surface area contributed by atoms with Crippen LogP contribution >= 0.6 is 0 Å². The third-order valence-corrected chi connectivity index (χ3v) is 5.42. The number of carbonyl (C=O) groups excluding carboxylic acids is 2. The van der Waals surface area contributed by atoms with Gasteiger partial charge in [0.2, 0.25) is 5.91 Å². The molecule has 170 valence electrons. The second-order valence-corrected chi connectivity index (χ2v) is 7.94. The number of carbonyl (C=O) groups is 3. The molecule has 33 heavy (non-hydrogen) atoms. The second-order valence-electron chi connectivity index (χ2n) is 7.94. The third kappa shape index (κ3) is 5.20. The van der Waals surface area contributed by atoms with Crippen molar-refractivity contribution in [3.05, 3.63) is 72.1 Å². The summed E-state index contributed by atoms with van der Waals surface area (Å²) in [5.74, 6) is -1.40. The highest BCUT2D eigenvalue weighted by molar-refractivity contribution is 5.85. The van der Waals surface area contributed by atoms with Crippen LogP contribution in [0.1, 0.15) is 30.4 Å². The minimum Gasteiger partial charge on any atom is -0.481 e. The van der Waals surface area contributed by atoms with Crippen LogP contribution in [-0.2, 0) is 20.9 Å². The molecular weight excluding hydrogens is 424 g/mol. The molecule has 3 aromatic rings. The van der Waals surface area contributed by atoms with E-state index < -0.39 is 18.1 Å². The van der Waals surface area contributed by atoms with Crippen molar-refractivity contribution >= 4 is 23.7 Å². The number of ether oxygens (including phenoxy) is 1. The monoisotopic (exact) mass is 448 g/mol. The molecular formula is C24H24N4O5. The van der Waals surface area contributed by atoms with Gasteiger partial charge in [-0.2, -0.15) is 5.10 Å². The number of carboxylic acid groups (broad SMARTS) is 1. The van der Waals surface area contributed by atoms with Gasteiger partial charge in [0.15, 0.2) is 0 Å². The summed E-state index contributed by atoms with van der Waals surface area (Å²) in [4.78, 5) is 35.1. The molecule has 2 amide bonds. The van der Waals surface area contributed by atoms with Gasteiger partial charge in [-0.1, -0.05) is 48.5 Å². The Morgan fingerprint density at radius 2 is 1.73 bits per heavy atom. The summed E-state index contributed by atoms with van der Waals surface area (Å²) in [7, 11) is 0. The maximum atomic E-state index is 12.4. The summed E-state index contributed by atoms with van der Waals surface area (Å²) >= 11 is 0. The van der Waals surface area contributed by atoms with Crippen LogP contribution in [-0.4, -0.2) is 45.5 Å². The van der Waals surface area contributed by atoms with Crippen molar-refractivity contribution in [1.82, 2.24) is 15.1 Å². The maximum Gasteiger partial charge on any atom is 0.411 e. The van der Waals surface area contributed by atoms with Crippen molar-refractivity contribution in [2.75, 3.05) is 11.9 Å². The number of carboxylic acids is 1. The van der Waals surface area contributed by atoms with Crippen LogP contribution in [0.3, 0.4) is 0 Å². The Balaban J connectivity index is 1.31. The average Bonchev–Trinajstić information content (AvgIpc) is 3.33. The topological polar surface area (TPSA) is 123 Å². The van der Waals surface area contributed by atoms with E-state index in [2.05, 4.69) is 27.9 Å². The normalized spacial score (nSPS) is 13.0. The van der Waals surface area contributed by atoms with Gasteiger partial charge in [0.25, 0.3) is 0 Å². The van der Waals surface area contributed by atoms with Crippen LogP contribution in [0.4, 0.5) is 10.5 Å². The molecule has 9 heteroatoms. The molecule has 0 saturated carbocycles. The Hall–Kier alpha value is -4.14. The summed E-state index contributed by atoms with van der Waals surface area (Å²) in [5.41, 5.74) is 4.95. The quantitative estimate of drug-likeness (QED) is 0.486. The Morgan fingerprint density at radius 3 is 2.36 bits per heavy atom. The first kappa shape index (κ1) is 22.1. The number of hydrogen-bond acceptors (Lipinski definition) is 5. The van der Waals surface area contributed by atoms with Crippen LogP contribution in [0.15, 0.2) is 60.9 Å². The van der Waals surface area contributed by atoms with Gasteiger partial charge in [0.1, 0.15) is 13.2 Å². The van der Waals surface area contributed by atoms with Gasteiger partial charge >= 0.3 is 12.1 Å². The number of aromatic nitrogens is 2. The minimum absolute atomic E-state index is 0.0395. The SMILES string of the molecule is C[C@H](CC(=O)O)NC(=O)Cn1cc(NC(=O)OCC2c3ccccc3-c3ccccc32)cn1. The molecule has 1 atom stereocenters. The third-order valence-electron chi connectivity index (χ3n) is 5.42. The van der Waals surface area contributed by atoms with Gasteiger partial charge in [-0.3, -0.25) is 19.6 Å².